The minimum absolute atomic E-state index is 0.0127. The predicted molar refractivity (Wildman–Crippen MR) is 67.3 cm³/mol. The second-order valence-corrected chi connectivity index (χ2v) is 4.68. The van der Waals surface area contributed by atoms with E-state index in [0.717, 1.165) is 0 Å². The first kappa shape index (κ1) is 14.5. The maximum atomic E-state index is 12.3. The third kappa shape index (κ3) is 3.17. The van der Waals surface area contributed by atoms with Crippen molar-refractivity contribution in [1.82, 2.24) is 4.90 Å². The molecular formula is C13H17NO6. The highest BCUT2D eigenvalue weighted by molar-refractivity contribution is 5.92. The summed E-state index contributed by atoms with van der Waals surface area (Å²) < 4.78 is 15.5. The van der Waals surface area contributed by atoms with Crippen molar-refractivity contribution in [1.29, 1.82) is 0 Å². The van der Waals surface area contributed by atoms with E-state index in [2.05, 4.69) is 0 Å². The Hall–Kier alpha value is -1.86. The molecule has 1 N–H and O–H groups in total. The minimum atomic E-state index is -1.08. The van der Waals surface area contributed by atoms with Crippen LogP contribution in [0.2, 0.25) is 0 Å². The van der Waals surface area contributed by atoms with Crippen LogP contribution in [-0.2, 0) is 20.9 Å². The first-order chi connectivity index (χ1) is 9.51. The number of ether oxygens (including phenoxy) is 2. The third-order valence-corrected chi connectivity index (χ3v) is 2.98. The Bertz CT molecular complexity index is 497. The van der Waals surface area contributed by atoms with Crippen LogP contribution in [0.15, 0.2) is 16.5 Å². The summed E-state index contributed by atoms with van der Waals surface area (Å²) in [5, 5.41) is 9.00. The largest absolute Gasteiger partial charge is 0.479 e. The number of aliphatic carboxylic acids is 1. The van der Waals surface area contributed by atoms with Crippen LogP contribution >= 0.6 is 0 Å². The van der Waals surface area contributed by atoms with Gasteiger partial charge in [0.1, 0.15) is 12.4 Å². The maximum Gasteiger partial charge on any atom is 0.334 e. The summed E-state index contributed by atoms with van der Waals surface area (Å²) >= 11 is 0. The molecule has 0 bridgehead atoms. The van der Waals surface area contributed by atoms with Gasteiger partial charge in [-0.15, -0.1) is 0 Å². The standard InChI is InChI=1S/C13H17NO6/c1-8-5-14(6-11(19-8)13(16)17)12(15)10-4-3-9(20-10)7-18-2/h3-4,8,11H,5-7H2,1-2H3,(H,16,17)/t8-,11?/m1/s1. The number of nitrogens with zero attached hydrogens (tertiary/aromatic N) is 1. The highest BCUT2D eigenvalue weighted by Crippen LogP contribution is 2.17. The number of furan rings is 1. The molecule has 1 aromatic heterocycles. The zero-order chi connectivity index (χ0) is 14.7. The molecule has 1 aromatic rings. The number of carbonyl (C=O) groups excluding carboxylic acids is 1. The highest BCUT2D eigenvalue weighted by atomic mass is 16.5. The van der Waals surface area contributed by atoms with Gasteiger partial charge < -0.3 is 23.9 Å². The van der Waals surface area contributed by atoms with Crippen molar-refractivity contribution in [3.63, 3.8) is 0 Å². The average molecular weight is 283 g/mol. The van der Waals surface area contributed by atoms with Crippen molar-refractivity contribution < 1.29 is 28.6 Å². The van der Waals surface area contributed by atoms with E-state index < -0.39 is 12.1 Å². The Morgan fingerprint density at radius 1 is 1.45 bits per heavy atom. The van der Waals surface area contributed by atoms with E-state index in [1.807, 2.05) is 0 Å². The number of morpholine rings is 1. The zero-order valence-electron chi connectivity index (χ0n) is 11.4. The molecule has 1 amide bonds. The van der Waals surface area contributed by atoms with Crippen molar-refractivity contribution >= 4 is 11.9 Å². The van der Waals surface area contributed by atoms with Crippen LogP contribution in [0.3, 0.4) is 0 Å². The molecular weight excluding hydrogens is 266 g/mol. The summed E-state index contributed by atoms with van der Waals surface area (Å²) in [7, 11) is 1.53. The molecule has 2 rings (SSSR count). The fourth-order valence-corrected chi connectivity index (χ4v) is 2.12. The summed E-state index contributed by atoms with van der Waals surface area (Å²) in [6, 6.07) is 3.22. The van der Waals surface area contributed by atoms with Gasteiger partial charge in [0.2, 0.25) is 0 Å². The Balaban J connectivity index is 2.08. The number of carbonyl (C=O) groups is 2. The molecule has 20 heavy (non-hydrogen) atoms. The number of carboxylic acid groups (broad SMARTS) is 1. The number of amides is 1. The van der Waals surface area contributed by atoms with Crippen LogP contribution in [-0.4, -0.2) is 54.3 Å². The monoisotopic (exact) mass is 283 g/mol. The molecule has 1 fully saturated rings. The third-order valence-electron chi connectivity index (χ3n) is 2.98. The van der Waals surface area contributed by atoms with Crippen LogP contribution < -0.4 is 0 Å². The van der Waals surface area contributed by atoms with Crippen molar-refractivity contribution in [3.8, 4) is 0 Å². The first-order valence-corrected chi connectivity index (χ1v) is 6.26. The lowest BCUT2D eigenvalue weighted by Crippen LogP contribution is -2.51. The number of rotatable bonds is 4. The minimum Gasteiger partial charge on any atom is -0.479 e. The van der Waals surface area contributed by atoms with E-state index in [0.29, 0.717) is 12.3 Å². The van der Waals surface area contributed by atoms with Gasteiger partial charge >= 0.3 is 5.97 Å². The van der Waals surface area contributed by atoms with E-state index in [9.17, 15) is 9.59 Å². The molecule has 7 heteroatoms. The topological polar surface area (TPSA) is 89.2 Å². The van der Waals surface area contributed by atoms with Gasteiger partial charge in [-0.25, -0.2) is 4.79 Å². The van der Waals surface area contributed by atoms with Gasteiger partial charge in [0.05, 0.1) is 12.6 Å². The van der Waals surface area contributed by atoms with Crippen molar-refractivity contribution in [2.45, 2.75) is 25.7 Å². The number of methoxy groups -OCH3 is 1. The predicted octanol–water partition coefficient (Wildman–Crippen LogP) is 0.740. The fraction of sp³-hybridized carbons (Fsp3) is 0.538. The van der Waals surface area contributed by atoms with Gasteiger partial charge in [0, 0.05) is 13.7 Å². The summed E-state index contributed by atoms with van der Waals surface area (Å²) in [6.45, 7) is 2.36. The van der Waals surface area contributed by atoms with Gasteiger partial charge in [0.25, 0.3) is 5.91 Å². The van der Waals surface area contributed by atoms with Crippen molar-refractivity contribution in [2.24, 2.45) is 0 Å². The smallest absolute Gasteiger partial charge is 0.334 e. The Morgan fingerprint density at radius 3 is 2.85 bits per heavy atom. The SMILES string of the molecule is COCc1ccc(C(=O)N2CC(C(=O)O)O[C@H](C)C2)o1. The fourth-order valence-electron chi connectivity index (χ4n) is 2.12. The summed E-state index contributed by atoms with van der Waals surface area (Å²) in [5.74, 6) is -0.690. The number of carboxylic acids is 1. The van der Waals surface area contributed by atoms with E-state index in [1.165, 1.54) is 12.0 Å². The Labute approximate surface area is 116 Å². The molecule has 2 heterocycles. The first-order valence-electron chi connectivity index (χ1n) is 6.26. The van der Waals surface area contributed by atoms with E-state index in [-0.39, 0.29) is 30.9 Å². The molecule has 1 unspecified atom stereocenters. The van der Waals surface area contributed by atoms with E-state index in [4.69, 9.17) is 19.0 Å². The van der Waals surface area contributed by atoms with Crippen LogP contribution in [0.25, 0.3) is 0 Å². The number of hydrogen-bond acceptors (Lipinski definition) is 5. The number of hydrogen-bond donors (Lipinski definition) is 1. The molecule has 0 radical (unpaired) electrons. The second-order valence-electron chi connectivity index (χ2n) is 4.68. The van der Waals surface area contributed by atoms with Gasteiger partial charge in [0.15, 0.2) is 11.9 Å². The Kier molecular flexibility index (Phi) is 4.41. The molecule has 0 spiro atoms. The summed E-state index contributed by atoms with van der Waals surface area (Å²) in [6.07, 6.45) is -1.33. The molecule has 7 nitrogen and oxygen atoms in total. The van der Waals surface area contributed by atoms with Gasteiger partial charge in [-0.2, -0.15) is 0 Å². The molecule has 1 aliphatic rings. The van der Waals surface area contributed by atoms with Crippen molar-refractivity contribution in [2.75, 3.05) is 20.2 Å². The molecule has 0 aromatic carbocycles. The maximum absolute atomic E-state index is 12.3. The lowest BCUT2D eigenvalue weighted by molar-refractivity contribution is -0.160. The normalized spacial score (nSPS) is 22.8. The average Bonchev–Trinajstić information content (AvgIpc) is 2.86. The molecule has 1 saturated heterocycles. The van der Waals surface area contributed by atoms with E-state index in [1.54, 1.807) is 19.1 Å². The van der Waals surface area contributed by atoms with Crippen molar-refractivity contribution in [3.05, 3.63) is 23.7 Å². The van der Waals surface area contributed by atoms with Gasteiger partial charge in [-0.1, -0.05) is 0 Å². The lowest BCUT2D eigenvalue weighted by Gasteiger charge is -2.34. The molecule has 0 saturated carbocycles. The highest BCUT2D eigenvalue weighted by Gasteiger charge is 2.33. The van der Waals surface area contributed by atoms with Crippen LogP contribution in [0, 0.1) is 0 Å². The molecule has 1 aliphatic heterocycles. The van der Waals surface area contributed by atoms with Crippen LogP contribution in [0.1, 0.15) is 23.2 Å². The second kappa shape index (κ2) is 6.06. The van der Waals surface area contributed by atoms with E-state index >= 15 is 0 Å². The van der Waals surface area contributed by atoms with Crippen LogP contribution in [0.5, 0.6) is 0 Å². The molecule has 2 atom stereocenters. The summed E-state index contributed by atoms with van der Waals surface area (Å²) in [5.41, 5.74) is 0. The molecule has 0 aliphatic carbocycles. The quantitative estimate of drug-likeness (QED) is 0.876. The zero-order valence-corrected chi connectivity index (χ0v) is 11.4. The van der Waals surface area contributed by atoms with Gasteiger partial charge in [-0.3, -0.25) is 4.79 Å². The Morgan fingerprint density at radius 2 is 2.20 bits per heavy atom. The van der Waals surface area contributed by atoms with Crippen LogP contribution in [0.4, 0.5) is 0 Å². The summed E-state index contributed by atoms with van der Waals surface area (Å²) in [4.78, 5) is 24.7. The molecule has 110 valence electrons. The van der Waals surface area contributed by atoms with Gasteiger partial charge in [-0.05, 0) is 19.1 Å². The lowest BCUT2D eigenvalue weighted by atomic mass is 10.2.